The zero-order valence-corrected chi connectivity index (χ0v) is 17.1. The average Bonchev–Trinajstić information content (AvgIpc) is 3.24. The molecular formula is C17H19N3O3S3. The lowest BCUT2D eigenvalue weighted by Crippen LogP contribution is -2.31. The Kier molecular flexibility index (Phi) is 5.52. The number of rotatable bonds is 4. The van der Waals surface area contributed by atoms with E-state index in [4.69, 9.17) is 0 Å². The Bertz CT molecular complexity index is 937. The van der Waals surface area contributed by atoms with Crippen molar-refractivity contribution in [2.45, 2.75) is 17.1 Å². The first kappa shape index (κ1) is 19.1. The number of nitrogens with zero attached hydrogens (tertiary/aromatic N) is 3. The number of hydrogen-bond donors (Lipinski definition) is 0. The second kappa shape index (κ2) is 7.51. The quantitative estimate of drug-likeness (QED) is 0.777. The maximum absolute atomic E-state index is 12.7. The summed E-state index contributed by atoms with van der Waals surface area (Å²) in [5.41, 5.74) is 0.508. The Morgan fingerprint density at radius 2 is 2.04 bits per heavy atom. The number of sulfonamides is 1. The van der Waals surface area contributed by atoms with E-state index < -0.39 is 10.0 Å². The molecule has 9 heteroatoms. The van der Waals surface area contributed by atoms with Gasteiger partial charge in [-0.1, -0.05) is 30.8 Å². The van der Waals surface area contributed by atoms with Crippen LogP contribution in [0.2, 0.25) is 0 Å². The Morgan fingerprint density at radius 1 is 1.27 bits per heavy atom. The summed E-state index contributed by atoms with van der Waals surface area (Å²) in [7, 11) is -0.551. The first-order valence-electron chi connectivity index (χ1n) is 7.92. The van der Waals surface area contributed by atoms with E-state index in [0.29, 0.717) is 22.3 Å². The highest BCUT2D eigenvalue weighted by Crippen LogP contribution is 2.31. The molecule has 138 valence electrons. The predicted molar refractivity (Wildman–Crippen MR) is 107 cm³/mol. The van der Waals surface area contributed by atoms with Gasteiger partial charge in [0.2, 0.25) is 10.0 Å². The zero-order chi connectivity index (χ0) is 18.9. The molecule has 26 heavy (non-hydrogen) atoms. The number of thioether (sulfide) groups is 1. The molecule has 0 aliphatic carbocycles. The van der Waals surface area contributed by atoms with Crippen molar-refractivity contribution in [3.05, 3.63) is 46.7 Å². The number of carbonyl (C=O) groups is 1. The van der Waals surface area contributed by atoms with Gasteiger partial charge in [0.05, 0.1) is 15.5 Å². The fourth-order valence-corrected chi connectivity index (χ4v) is 5.08. The minimum atomic E-state index is -3.53. The first-order valence-corrected chi connectivity index (χ1v) is 11.1. The molecule has 0 radical (unpaired) electrons. The SMILES string of the molecule is CC1CN(C(=O)c2cccs2)C(=Nc2cccc(S(=O)(=O)N(C)C)c2)S1. The highest BCUT2D eigenvalue weighted by Gasteiger charge is 2.32. The van der Waals surface area contributed by atoms with Crippen molar-refractivity contribution in [2.24, 2.45) is 4.99 Å². The number of aliphatic imine (C=N–C) groups is 1. The molecule has 0 bridgehead atoms. The number of thiophene rings is 1. The molecular weight excluding hydrogens is 390 g/mol. The van der Waals surface area contributed by atoms with Crippen LogP contribution < -0.4 is 0 Å². The second-order valence-corrected chi connectivity index (χ2v) is 10.5. The van der Waals surface area contributed by atoms with Crippen molar-refractivity contribution >= 4 is 49.9 Å². The van der Waals surface area contributed by atoms with Crippen LogP contribution in [0.5, 0.6) is 0 Å². The van der Waals surface area contributed by atoms with E-state index in [-0.39, 0.29) is 16.1 Å². The molecule has 6 nitrogen and oxygen atoms in total. The summed E-state index contributed by atoms with van der Waals surface area (Å²) in [6.07, 6.45) is 0. The van der Waals surface area contributed by atoms with Gasteiger partial charge in [0, 0.05) is 25.9 Å². The molecule has 2 heterocycles. The lowest BCUT2D eigenvalue weighted by atomic mass is 10.3. The van der Waals surface area contributed by atoms with E-state index in [9.17, 15) is 13.2 Å². The van der Waals surface area contributed by atoms with E-state index in [2.05, 4.69) is 4.99 Å². The number of hydrogen-bond acceptors (Lipinski definition) is 6. The monoisotopic (exact) mass is 409 g/mol. The van der Waals surface area contributed by atoms with Crippen LogP contribution >= 0.6 is 23.1 Å². The van der Waals surface area contributed by atoms with Gasteiger partial charge in [-0.15, -0.1) is 11.3 Å². The Hall–Kier alpha value is -1.68. The van der Waals surface area contributed by atoms with Gasteiger partial charge in [-0.3, -0.25) is 9.69 Å². The molecule has 1 amide bonds. The van der Waals surface area contributed by atoms with Crippen LogP contribution in [0.4, 0.5) is 5.69 Å². The summed E-state index contributed by atoms with van der Waals surface area (Å²) >= 11 is 2.91. The van der Waals surface area contributed by atoms with Crippen LogP contribution in [0, 0.1) is 0 Å². The lowest BCUT2D eigenvalue weighted by Gasteiger charge is -2.15. The van der Waals surface area contributed by atoms with Gasteiger partial charge in [0.25, 0.3) is 5.91 Å². The maximum atomic E-state index is 12.7. The summed E-state index contributed by atoms with van der Waals surface area (Å²) in [5, 5.41) is 2.69. The summed E-state index contributed by atoms with van der Waals surface area (Å²) < 4.78 is 25.8. The molecule has 1 aromatic carbocycles. The molecule has 0 saturated carbocycles. The summed E-state index contributed by atoms with van der Waals surface area (Å²) in [5.74, 6) is -0.0762. The van der Waals surface area contributed by atoms with Gasteiger partial charge < -0.3 is 0 Å². The van der Waals surface area contributed by atoms with Crippen molar-refractivity contribution in [3.8, 4) is 0 Å². The van der Waals surface area contributed by atoms with Gasteiger partial charge in [-0.25, -0.2) is 17.7 Å². The minimum absolute atomic E-state index is 0.0762. The van der Waals surface area contributed by atoms with Crippen LogP contribution in [0.1, 0.15) is 16.6 Å². The number of amidine groups is 1. The molecule has 0 N–H and O–H groups in total. The van der Waals surface area contributed by atoms with Gasteiger partial charge in [-0.2, -0.15) is 0 Å². The fraction of sp³-hybridized carbons (Fsp3) is 0.294. The van der Waals surface area contributed by atoms with Crippen molar-refractivity contribution in [1.29, 1.82) is 0 Å². The number of benzene rings is 1. The first-order chi connectivity index (χ1) is 12.3. The van der Waals surface area contributed by atoms with E-state index in [1.165, 1.54) is 49.3 Å². The third-order valence-electron chi connectivity index (χ3n) is 3.78. The van der Waals surface area contributed by atoms with Gasteiger partial charge >= 0.3 is 0 Å². The Labute approximate surface area is 161 Å². The molecule has 1 fully saturated rings. The zero-order valence-electron chi connectivity index (χ0n) is 14.6. The van der Waals surface area contributed by atoms with E-state index >= 15 is 0 Å². The third-order valence-corrected chi connectivity index (χ3v) is 7.52. The van der Waals surface area contributed by atoms with Crippen molar-refractivity contribution in [2.75, 3.05) is 20.6 Å². The van der Waals surface area contributed by atoms with Crippen molar-refractivity contribution < 1.29 is 13.2 Å². The standard InChI is InChI=1S/C17H19N3O3S3/c1-12-11-20(16(21)15-8-5-9-24-15)17(25-12)18-13-6-4-7-14(10-13)26(22,23)19(2)3/h4-10,12H,11H2,1-3H3. The van der Waals surface area contributed by atoms with E-state index in [1.807, 2.05) is 18.4 Å². The minimum Gasteiger partial charge on any atom is -0.285 e. The van der Waals surface area contributed by atoms with Crippen LogP contribution in [-0.4, -0.2) is 54.6 Å². The van der Waals surface area contributed by atoms with Crippen LogP contribution in [0.25, 0.3) is 0 Å². The third kappa shape index (κ3) is 3.85. The van der Waals surface area contributed by atoms with Crippen LogP contribution in [-0.2, 0) is 10.0 Å². The summed E-state index contributed by atoms with van der Waals surface area (Å²) in [6.45, 7) is 2.62. The van der Waals surface area contributed by atoms with Gasteiger partial charge in [0.1, 0.15) is 0 Å². The molecule has 1 atom stereocenters. The number of amides is 1. The average molecular weight is 410 g/mol. The summed E-state index contributed by atoms with van der Waals surface area (Å²) in [6, 6.07) is 10.1. The Morgan fingerprint density at radius 3 is 2.69 bits per heavy atom. The second-order valence-electron chi connectivity index (χ2n) is 6.00. The predicted octanol–water partition coefficient (Wildman–Crippen LogP) is 3.26. The highest BCUT2D eigenvalue weighted by molar-refractivity contribution is 8.14. The molecule has 1 saturated heterocycles. The number of carbonyl (C=O) groups excluding carboxylic acids is 1. The topological polar surface area (TPSA) is 70.0 Å². The van der Waals surface area contributed by atoms with Crippen LogP contribution in [0.3, 0.4) is 0 Å². The van der Waals surface area contributed by atoms with Gasteiger partial charge in [-0.05, 0) is 29.6 Å². The largest absolute Gasteiger partial charge is 0.285 e. The molecule has 0 spiro atoms. The lowest BCUT2D eigenvalue weighted by molar-refractivity contribution is 0.0860. The van der Waals surface area contributed by atoms with Crippen molar-refractivity contribution in [1.82, 2.24) is 9.21 Å². The molecule has 1 aromatic heterocycles. The maximum Gasteiger partial charge on any atom is 0.269 e. The fourth-order valence-electron chi connectivity index (χ4n) is 2.44. The normalized spacial score (nSPS) is 19.5. The molecule has 1 aliphatic rings. The van der Waals surface area contributed by atoms with Crippen LogP contribution in [0.15, 0.2) is 51.7 Å². The molecule has 2 aromatic rings. The molecule has 3 rings (SSSR count). The highest BCUT2D eigenvalue weighted by atomic mass is 32.2. The Balaban J connectivity index is 1.94. The smallest absolute Gasteiger partial charge is 0.269 e. The van der Waals surface area contributed by atoms with E-state index in [1.54, 1.807) is 23.1 Å². The van der Waals surface area contributed by atoms with E-state index in [0.717, 1.165) is 4.31 Å². The summed E-state index contributed by atoms with van der Waals surface area (Å²) in [4.78, 5) is 19.8. The van der Waals surface area contributed by atoms with Crippen molar-refractivity contribution in [3.63, 3.8) is 0 Å². The van der Waals surface area contributed by atoms with Gasteiger partial charge in [0.15, 0.2) is 5.17 Å². The molecule has 1 aliphatic heterocycles. The molecule has 1 unspecified atom stereocenters.